The quantitative estimate of drug-likeness (QED) is 0.508. The lowest BCUT2D eigenvalue weighted by atomic mass is 9.89. The first kappa shape index (κ1) is 12.1. The molecule has 0 aliphatic heterocycles. The topological polar surface area (TPSA) is 77.3 Å². The number of pyridine rings is 1. The van der Waals surface area contributed by atoms with Crippen LogP contribution in [0.25, 0.3) is 0 Å². The Labute approximate surface area is 103 Å². The molecule has 92 valence electrons. The first-order valence-electron chi connectivity index (χ1n) is 5.20. The van der Waals surface area contributed by atoms with Crippen LogP contribution in [0.5, 0.6) is 0 Å². The number of hydrogen-bond acceptors (Lipinski definition) is 5. The third-order valence-corrected chi connectivity index (χ3v) is 3.02. The number of halogens is 1. The van der Waals surface area contributed by atoms with E-state index in [4.69, 9.17) is 16.3 Å². The van der Waals surface area contributed by atoms with Gasteiger partial charge in [0.05, 0.1) is 11.0 Å². The summed E-state index contributed by atoms with van der Waals surface area (Å²) in [6.07, 6.45) is 1.87. The van der Waals surface area contributed by atoms with Crippen molar-refractivity contribution in [3.8, 4) is 0 Å². The molecule has 0 spiro atoms. The molecule has 17 heavy (non-hydrogen) atoms. The second-order valence-corrected chi connectivity index (χ2v) is 4.32. The van der Waals surface area contributed by atoms with Gasteiger partial charge in [-0.2, -0.15) is 0 Å². The largest absolute Gasteiger partial charge is 0.381 e. The SMILES string of the molecule is COC1CC(Nc2nc(Cl)ccc2[N+](=O)[O-])C1. The van der Waals surface area contributed by atoms with E-state index in [1.165, 1.54) is 12.1 Å². The van der Waals surface area contributed by atoms with Crippen LogP contribution in [0.4, 0.5) is 11.5 Å². The van der Waals surface area contributed by atoms with E-state index in [2.05, 4.69) is 10.3 Å². The van der Waals surface area contributed by atoms with E-state index in [9.17, 15) is 10.1 Å². The molecule has 2 rings (SSSR count). The fourth-order valence-corrected chi connectivity index (χ4v) is 1.90. The van der Waals surface area contributed by atoms with Crippen molar-refractivity contribution in [2.75, 3.05) is 12.4 Å². The van der Waals surface area contributed by atoms with Crippen molar-refractivity contribution in [1.82, 2.24) is 4.98 Å². The van der Waals surface area contributed by atoms with E-state index < -0.39 is 4.92 Å². The van der Waals surface area contributed by atoms with Crippen molar-refractivity contribution >= 4 is 23.1 Å². The Balaban J connectivity index is 2.09. The number of hydrogen-bond donors (Lipinski definition) is 1. The summed E-state index contributed by atoms with van der Waals surface area (Å²) < 4.78 is 5.14. The maximum atomic E-state index is 10.8. The number of ether oxygens (including phenoxy) is 1. The van der Waals surface area contributed by atoms with Gasteiger partial charge in [0.1, 0.15) is 5.15 Å². The highest BCUT2D eigenvalue weighted by Crippen LogP contribution is 2.30. The maximum Gasteiger partial charge on any atom is 0.311 e. The number of nitrogens with one attached hydrogen (secondary N) is 1. The van der Waals surface area contributed by atoms with Gasteiger partial charge in [-0.15, -0.1) is 0 Å². The molecule has 0 bridgehead atoms. The van der Waals surface area contributed by atoms with Crippen molar-refractivity contribution in [2.45, 2.75) is 25.0 Å². The molecule has 0 amide bonds. The lowest BCUT2D eigenvalue weighted by Crippen LogP contribution is -2.40. The minimum Gasteiger partial charge on any atom is -0.381 e. The Kier molecular flexibility index (Phi) is 3.44. The number of methoxy groups -OCH3 is 1. The first-order valence-corrected chi connectivity index (χ1v) is 5.58. The standard InChI is InChI=1S/C10H12ClN3O3/c1-17-7-4-6(5-7)12-10-8(14(15)16)2-3-9(11)13-10/h2-3,6-7H,4-5H2,1H3,(H,12,13). The van der Waals surface area contributed by atoms with Crippen molar-refractivity contribution in [3.05, 3.63) is 27.4 Å². The normalized spacial score (nSPS) is 22.9. The Hall–Kier alpha value is -1.40. The van der Waals surface area contributed by atoms with Gasteiger partial charge in [-0.1, -0.05) is 11.6 Å². The Morgan fingerprint density at radius 2 is 2.29 bits per heavy atom. The molecule has 0 saturated heterocycles. The summed E-state index contributed by atoms with van der Waals surface area (Å²) in [5.41, 5.74) is -0.0599. The van der Waals surface area contributed by atoms with Gasteiger partial charge in [0.15, 0.2) is 0 Å². The summed E-state index contributed by atoms with van der Waals surface area (Å²) >= 11 is 5.72. The fourth-order valence-electron chi connectivity index (χ4n) is 1.75. The predicted molar refractivity (Wildman–Crippen MR) is 63.3 cm³/mol. The number of rotatable bonds is 4. The highest BCUT2D eigenvalue weighted by molar-refractivity contribution is 6.29. The van der Waals surface area contributed by atoms with Gasteiger partial charge in [0, 0.05) is 19.2 Å². The summed E-state index contributed by atoms with van der Waals surface area (Å²) in [5, 5.41) is 14.1. The van der Waals surface area contributed by atoms with Crippen LogP contribution in [0.2, 0.25) is 5.15 Å². The van der Waals surface area contributed by atoms with Crippen LogP contribution in [-0.2, 0) is 4.74 Å². The van der Waals surface area contributed by atoms with E-state index >= 15 is 0 Å². The van der Waals surface area contributed by atoms with Crippen LogP contribution in [-0.4, -0.2) is 29.2 Å². The molecule has 0 unspecified atom stereocenters. The maximum absolute atomic E-state index is 10.8. The molecule has 1 aromatic heterocycles. The van der Waals surface area contributed by atoms with Gasteiger partial charge in [-0.3, -0.25) is 10.1 Å². The summed E-state index contributed by atoms with van der Waals surface area (Å²) in [7, 11) is 1.65. The summed E-state index contributed by atoms with van der Waals surface area (Å²) in [6, 6.07) is 2.91. The molecule has 1 aliphatic carbocycles. The second-order valence-electron chi connectivity index (χ2n) is 3.93. The van der Waals surface area contributed by atoms with Crippen molar-refractivity contribution < 1.29 is 9.66 Å². The molecule has 1 heterocycles. The van der Waals surface area contributed by atoms with E-state index in [0.717, 1.165) is 12.8 Å². The third kappa shape index (κ3) is 2.65. The minimum absolute atomic E-state index is 0.0599. The molecule has 1 fully saturated rings. The molecule has 0 radical (unpaired) electrons. The van der Waals surface area contributed by atoms with Crippen LogP contribution >= 0.6 is 11.6 Å². The molecular formula is C10H12ClN3O3. The Bertz CT molecular complexity index is 435. The van der Waals surface area contributed by atoms with Gasteiger partial charge in [-0.25, -0.2) is 4.98 Å². The van der Waals surface area contributed by atoms with Gasteiger partial charge < -0.3 is 10.1 Å². The van der Waals surface area contributed by atoms with Gasteiger partial charge in [0.25, 0.3) is 0 Å². The molecular weight excluding hydrogens is 246 g/mol. The number of anilines is 1. The fraction of sp³-hybridized carbons (Fsp3) is 0.500. The second kappa shape index (κ2) is 4.85. The average molecular weight is 258 g/mol. The Morgan fingerprint density at radius 3 is 2.88 bits per heavy atom. The molecule has 7 heteroatoms. The summed E-state index contributed by atoms with van der Waals surface area (Å²) in [5.74, 6) is 0.224. The van der Waals surface area contributed by atoms with E-state index in [-0.39, 0.29) is 28.8 Å². The number of aromatic nitrogens is 1. The third-order valence-electron chi connectivity index (χ3n) is 2.81. The Morgan fingerprint density at radius 1 is 1.59 bits per heavy atom. The van der Waals surface area contributed by atoms with Crippen molar-refractivity contribution in [1.29, 1.82) is 0 Å². The zero-order chi connectivity index (χ0) is 12.4. The molecule has 0 atom stereocenters. The molecule has 1 N–H and O–H groups in total. The van der Waals surface area contributed by atoms with E-state index in [1.807, 2.05) is 0 Å². The van der Waals surface area contributed by atoms with Crippen LogP contribution < -0.4 is 5.32 Å². The van der Waals surface area contributed by atoms with Crippen LogP contribution in [0, 0.1) is 10.1 Å². The number of nitro groups is 1. The smallest absolute Gasteiger partial charge is 0.311 e. The average Bonchev–Trinajstić information content (AvgIpc) is 2.22. The molecule has 0 aromatic carbocycles. The zero-order valence-electron chi connectivity index (χ0n) is 9.22. The van der Waals surface area contributed by atoms with Crippen molar-refractivity contribution in [2.24, 2.45) is 0 Å². The van der Waals surface area contributed by atoms with Gasteiger partial charge in [0.2, 0.25) is 5.82 Å². The zero-order valence-corrected chi connectivity index (χ0v) is 9.98. The first-order chi connectivity index (χ1) is 8.10. The lowest BCUT2D eigenvalue weighted by molar-refractivity contribution is -0.384. The summed E-state index contributed by atoms with van der Waals surface area (Å²) in [4.78, 5) is 14.3. The number of nitrogens with zero attached hydrogens (tertiary/aromatic N) is 2. The van der Waals surface area contributed by atoms with Crippen LogP contribution in [0.1, 0.15) is 12.8 Å². The molecule has 6 nitrogen and oxygen atoms in total. The van der Waals surface area contributed by atoms with Crippen LogP contribution in [0.3, 0.4) is 0 Å². The highest BCUT2D eigenvalue weighted by Gasteiger charge is 2.31. The molecule has 1 aliphatic rings. The lowest BCUT2D eigenvalue weighted by Gasteiger charge is -2.34. The van der Waals surface area contributed by atoms with Gasteiger partial charge >= 0.3 is 5.69 Å². The molecule has 1 saturated carbocycles. The van der Waals surface area contributed by atoms with E-state index in [0.29, 0.717) is 0 Å². The van der Waals surface area contributed by atoms with E-state index in [1.54, 1.807) is 7.11 Å². The molecule has 1 aromatic rings. The highest BCUT2D eigenvalue weighted by atomic mass is 35.5. The minimum atomic E-state index is -0.474. The predicted octanol–water partition coefficient (Wildman–Crippen LogP) is 2.23. The monoisotopic (exact) mass is 257 g/mol. The van der Waals surface area contributed by atoms with Gasteiger partial charge in [-0.05, 0) is 18.9 Å². The van der Waals surface area contributed by atoms with Crippen molar-refractivity contribution in [3.63, 3.8) is 0 Å². The van der Waals surface area contributed by atoms with Crippen LogP contribution in [0.15, 0.2) is 12.1 Å². The summed E-state index contributed by atoms with van der Waals surface area (Å²) in [6.45, 7) is 0.